The summed E-state index contributed by atoms with van der Waals surface area (Å²) in [4.78, 5) is 4.61. The smallest absolute Gasteiger partial charge is 0.319 e. The van der Waals surface area contributed by atoms with E-state index in [2.05, 4.69) is 176 Å². The molecule has 7 heteroatoms. The molecule has 0 saturated heterocycles. The Balaban J connectivity index is 1.39. The maximum atomic E-state index is 2.75. The van der Waals surface area contributed by atoms with Crippen molar-refractivity contribution < 1.29 is 9.13 Å². The van der Waals surface area contributed by atoms with Crippen LogP contribution in [0.5, 0.6) is 0 Å². The minimum atomic E-state index is -0.670. The van der Waals surface area contributed by atoms with Gasteiger partial charge < -0.3 is 14.4 Å². The highest BCUT2D eigenvalue weighted by Crippen LogP contribution is 2.58. The zero-order valence-corrected chi connectivity index (χ0v) is 29.1. The second-order valence-electron chi connectivity index (χ2n) is 15.4. The third-order valence-electron chi connectivity index (χ3n) is 12.8. The van der Waals surface area contributed by atoms with Gasteiger partial charge >= 0.3 is 17.0 Å². The van der Waals surface area contributed by atoms with Gasteiger partial charge in [-0.2, -0.15) is 18.3 Å². The van der Waals surface area contributed by atoms with Crippen molar-refractivity contribution in [2.24, 2.45) is 0 Å². The Hall–Kier alpha value is -6.60. The van der Waals surface area contributed by atoms with Crippen molar-refractivity contribution in [1.82, 2.24) is 13.7 Å². The molecule has 0 amide bonds. The van der Waals surface area contributed by atoms with Gasteiger partial charge in [-0.3, -0.25) is 0 Å². The molecular formula is C45H31N7+2. The van der Waals surface area contributed by atoms with Crippen LogP contribution in [0.15, 0.2) is 115 Å². The molecule has 0 bridgehead atoms. The lowest BCUT2D eigenvalue weighted by atomic mass is 9.81. The molecule has 1 atom stereocenters. The minimum Gasteiger partial charge on any atom is -0.377 e. The quantitative estimate of drug-likeness (QED) is 0.175. The molecule has 7 nitrogen and oxygen atoms in total. The van der Waals surface area contributed by atoms with Gasteiger partial charge in [-0.1, -0.05) is 48.5 Å². The van der Waals surface area contributed by atoms with Crippen LogP contribution >= 0.6 is 0 Å². The molecule has 52 heavy (non-hydrogen) atoms. The van der Waals surface area contributed by atoms with E-state index in [0.29, 0.717) is 0 Å². The van der Waals surface area contributed by atoms with Crippen LogP contribution in [-0.2, 0) is 5.66 Å². The maximum Gasteiger partial charge on any atom is 0.319 e. The summed E-state index contributed by atoms with van der Waals surface area (Å²) in [5.74, 6) is 0. The predicted molar refractivity (Wildman–Crippen MR) is 209 cm³/mol. The Labute approximate surface area is 297 Å². The fourth-order valence-corrected chi connectivity index (χ4v) is 11.1. The van der Waals surface area contributed by atoms with Gasteiger partial charge in [0, 0.05) is 61.9 Å². The van der Waals surface area contributed by atoms with Crippen molar-refractivity contribution in [3.63, 3.8) is 0 Å². The number of hydrogen-bond donors (Lipinski definition) is 0. The molecule has 0 aliphatic carbocycles. The number of nitrogens with zero attached hydrogens (tertiary/aromatic N) is 7. The van der Waals surface area contributed by atoms with E-state index in [1.807, 2.05) is 0 Å². The second-order valence-corrected chi connectivity index (χ2v) is 15.4. The molecule has 0 N–H and O–H groups in total. The molecule has 1 spiro atoms. The van der Waals surface area contributed by atoms with Gasteiger partial charge in [0.05, 0.1) is 38.9 Å². The minimum absolute atomic E-state index is 0.670. The summed E-state index contributed by atoms with van der Waals surface area (Å²) < 4.78 is 13.2. The van der Waals surface area contributed by atoms with E-state index in [1.54, 1.807) is 0 Å². The van der Waals surface area contributed by atoms with Gasteiger partial charge in [0.25, 0.3) is 0 Å². The van der Waals surface area contributed by atoms with Crippen LogP contribution in [0.2, 0.25) is 0 Å². The van der Waals surface area contributed by atoms with Crippen LogP contribution in [0.25, 0.3) is 94.1 Å². The van der Waals surface area contributed by atoms with Crippen LogP contribution in [0.1, 0.15) is 11.1 Å². The van der Waals surface area contributed by atoms with E-state index < -0.39 is 5.66 Å². The van der Waals surface area contributed by atoms with Crippen LogP contribution in [-0.4, -0.2) is 41.9 Å². The number of para-hydroxylation sites is 3. The van der Waals surface area contributed by atoms with Gasteiger partial charge in [0.15, 0.2) is 11.4 Å². The Kier molecular flexibility index (Phi) is 4.02. The third kappa shape index (κ3) is 2.37. The van der Waals surface area contributed by atoms with E-state index >= 15 is 0 Å². The first kappa shape index (κ1) is 26.2. The third-order valence-corrected chi connectivity index (χ3v) is 12.8. The van der Waals surface area contributed by atoms with Crippen molar-refractivity contribution in [3.8, 4) is 28.5 Å². The van der Waals surface area contributed by atoms with E-state index in [9.17, 15) is 0 Å². The molecule has 5 aromatic carbocycles. The zero-order valence-electron chi connectivity index (χ0n) is 29.1. The number of rotatable bonds is 2. The lowest BCUT2D eigenvalue weighted by Crippen LogP contribution is -2.75. The Bertz CT molecular complexity index is 3410. The Morgan fingerprint density at radius 1 is 0.462 bits per heavy atom. The van der Waals surface area contributed by atoms with E-state index in [-0.39, 0.29) is 0 Å². The van der Waals surface area contributed by atoms with Gasteiger partial charge in [-0.25, -0.2) is 0 Å². The van der Waals surface area contributed by atoms with E-state index in [0.717, 1.165) is 0 Å². The second kappa shape index (κ2) is 7.98. The highest BCUT2D eigenvalue weighted by Gasteiger charge is 2.69. The normalized spacial score (nSPS) is 16.5. The molecule has 9 heterocycles. The molecule has 10 aromatic rings. The van der Waals surface area contributed by atoms with Crippen LogP contribution in [0.4, 0.5) is 11.4 Å². The number of pyridine rings is 2. The number of fused-ring (bicyclic) bond motifs is 13. The highest BCUT2D eigenvalue weighted by atomic mass is 15.4. The molecule has 4 aliphatic heterocycles. The van der Waals surface area contributed by atoms with Crippen molar-refractivity contribution >= 4 is 77.1 Å². The average molecular weight is 670 g/mol. The maximum absolute atomic E-state index is 2.75. The topological polar surface area (TPSA) is 29.0 Å². The Morgan fingerprint density at radius 2 is 0.942 bits per heavy atom. The van der Waals surface area contributed by atoms with Gasteiger partial charge in [-0.15, -0.1) is 0 Å². The van der Waals surface area contributed by atoms with Gasteiger partial charge in [0.2, 0.25) is 0 Å². The lowest BCUT2D eigenvalue weighted by Gasteiger charge is -2.39. The first-order chi connectivity index (χ1) is 25.5. The van der Waals surface area contributed by atoms with Crippen LogP contribution < -0.4 is 18.9 Å². The zero-order chi connectivity index (χ0) is 34.1. The van der Waals surface area contributed by atoms with Gasteiger partial charge in [0.1, 0.15) is 33.5 Å². The number of hydrogen-bond acceptors (Lipinski definition) is 2. The van der Waals surface area contributed by atoms with E-state index in [4.69, 9.17) is 0 Å². The number of aromatic nitrogens is 5. The number of benzene rings is 5. The summed E-state index contributed by atoms with van der Waals surface area (Å²) in [6.45, 7) is 0. The standard InChI is InChI=1S/C45H31N7/c1-46(2)36-22-34-35-23-37(47(3)4)39-27-14-7-10-17-30(27)50-33-21-20-25-24-12-5-8-15-28(24)48-31-18-11-19-32-40(31)45(41(33)42(25)48,52(35)44(39)50)51(34)43-38(36)26-13-6-9-16-29(26)49(32)43/h5-23H,1-4H3/q+2. The highest BCUT2D eigenvalue weighted by molar-refractivity contribution is 6.18. The van der Waals surface area contributed by atoms with Crippen molar-refractivity contribution in [2.75, 3.05) is 38.0 Å². The average Bonchev–Trinajstić information content (AvgIpc) is 3.88. The van der Waals surface area contributed by atoms with Crippen molar-refractivity contribution in [1.29, 1.82) is 0 Å². The fraction of sp³-hybridized carbons (Fsp3) is 0.111. The van der Waals surface area contributed by atoms with Crippen LogP contribution in [0, 0.1) is 0 Å². The molecule has 244 valence electrons. The lowest BCUT2D eigenvalue weighted by molar-refractivity contribution is -0.920. The SMILES string of the molecule is CN(C)c1cc2[n+]3c4c1c1ccccc1n4-c1cccc4c1C31c3c(ccc5c6ccccc6n-4c35)-n3c4ccccc4c4c(N(C)C)cc-2[n+]1c43. The van der Waals surface area contributed by atoms with Crippen molar-refractivity contribution in [3.05, 3.63) is 126 Å². The summed E-state index contributed by atoms with van der Waals surface area (Å²) in [6, 6.07) is 43.8. The van der Waals surface area contributed by atoms with Crippen LogP contribution in [0.3, 0.4) is 0 Å². The van der Waals surface area contributed by atoms with E-state index in [1.165, 1.54) is 117 Å². The summed E-state index contributed by atoms with van der Waals surface area (Å²) >= 11 is 0. The molecule has 0 fully saturated rings. The predicted octanol–water partition coefficient (Wildman–Crippen LogP) is 7.90. The molecule has 4 aliphatic rings. The molecule has 5 aromatic heterocycles. The molecule has 1 unspecified atom stereocenters. The molecule has 14 rings (SSSR count). The summed E-state index contributed by atoms with van der Waals surface area (Å²) in [6.07, 6.45) is 0. The summed E-state index contributed by atoms with van der Waals surface area (Å²) in [5.41, 5.74) is 18.2. The largest absolute Gasteiger partial charge is 0.377 e. The summed E-state index contributed by atoms with van der Waals surface area (Å²) in [5, 5.41) is 7.71. The Morgan fingerprint density at radius 3 is 1.50 bits per heavy atom. The first-order valence-corrected chi connectivity index (χ1v) is 18.1. The molecule has 0 radical (unpaired) electrons. The monoisotopic (exact) mass is 669 g/mol. The van der Waals surface area contributed by atoms with Crippen molar-refractivity contribution in [2.45, 2.75) is 5.66 Å². The first-order valence-electron chi connectivity index (χ1n) is 18.1. The number of anilines is 2. The molecular weight excluding hydrogens is 639 g/mol. The van der Waals surface area contributed by atoms with Gasteiger partial charge in [-0.05, 0) is 54.6 Å². The molecule has 0 saturated carbocycles. The fourth-order valence-electron chi connectivity index (χ4n) is 11.1. The summed E-state index contributed by atoms with van der Waals surface area (Å²) in [7, 11) is 8.77.